The number of likely N-dealkylation sites (N-methyl/N-ethyl adjacent to an activating group) is 1. The van der Waals surface area contributed by atoms with Crippen molar-refractivity contribution >= 4 is 11.7 Å². The van der Waals surface area contributed by atoms with Gasteiger partial charge in [0.25, 0.3) is 5.91 Å². The Balaban J connectivity index is 1.70. The first-order chi connectivity index (χ1) is 8.25. The van der Waals surface area contributed by atoms with E-state index in [0.717, 1.165) is 13.1 Å². The van der Waals surface area contributed by atoms with Crippen LogP contribution in [-0.2, 0) is 4.79 Å². The molecule has 3 N–H and O–H groups in total. The summed E-state index contributed by atoms with van der Waals surface area (Å²) >= 11 is 0. The van der Waals surface area contributed by atoms with E-state index >= 15 is 0 Å². The zero-order valence-electron chi connectivity index (χ0n) is 9.81. The van der Waals surface area contributed by atoms with Crippen LogP contribution < -0.4 is 16.2 Å². The number of carbonyl (C=O) groups is 1. The maximum absolute atomic E-state index is 11.6. The number of hydrazine groups is 1. The molecule has 0 aliphatic carbocycles. The number of aromatic nitrogens is 1. The smallest absolute Gasteiger partial charge is 0.252 e. The van der Waals surface area contributed by atoms with Crippen molar-refractivity contribution in [1.29, 1.82) is 0 Å². The Kier molecular flexibility index (Phi) is 3.89. The first kappa shape index (κ1) is 11.8. The van der Waals surface area contributed by atoms with Gasteiger partial charge in [-0.2, -0.15) is 0 Å². The van der Waals surface area contributed by atoms with E-state index in [0.29, 0.717) is 18.4 Å². The normalized spacial score (nSPS) is 15.4. The number of nitrogens with one attached hydrogen (secondary N) is 3. The Hall–Kier alpha value is -1.66. The maximum Gasteiger partial charge on any atom is 0.252 e. The van der Waals surface area contributed by atoms with Crippen molar-refractivity contribution < 1.29 is 4.79 Å². The molecule has 0 bridgehead atoms. The van der Waals surface area contributed by atoms with E-state index in [1.165, 1.54) is 0 Å². The lowest BCUT2D eigenvalue weighted by atomic mass is 10.1. The molecule has 6 heteroatoms. The molecule has 0 saturated carbocycles. The van der Waals surface area contributed by atoms with Crippen molar-refractivity contribution in [2.45, 2.75) is 6.04 Å². The van der Waals surface area contributed by atoms with E-state index in [9.17, 15) is 4.79 Å². The molecule has 2 heterocycles. The van der Waals surface area contributed by atoms with Gasteiger partial charge in [-0.1, -0.05) is 6.07 Å². The van der Waals surface area contributed by atoms with E-state index in [4.69, 9.17) is 0 Å². The number of carbonyl (C=O) groups excluding carboxylic acids is 1. The van der Waals surface area contributed by atoms with Gasteiger partial charge in [0.2, 0.25) is 0 Å². The van der Waals surface area contributed by atoms with Gasteiger partial charge in [-0.05, 0) is 19.2 Å². The molecule has 0 spiro atoms. The highest BCUT2D eigenvalue weighted by atomic mass is 16.2. The summed E-state index contributed by atoms with van der Waals surface area (Å²) in [6, 6.07) is 5.94. The van der Waals surface area contributed by atoms with Gasteiger partial charge in [0.15, 0.2) is 0 Å². The molecule has 1 fully saturated rings. The molecule has 1 aromatic heterocycles. The lowest BCUT2D eigenvalue weighted by Gasteiger charge is -2.35. The van der Waals surface area contributed by atoms with Crippen LogP contribution >= 0.6 is 0 Å². The molecule has 0 atom stereocenters. The number of nitrogens with zero attached hydrogens (tertiary/aromatic N) is 2. The molecule has 92 valence electrons. The summed E-state index contributed by atoms with van der Waals surface area (Å²) in [6.45, 7) is 2.29. The van der Waals surface area contributed by atoms with Gasteiger partial charge >= 0.3 is 0 Å². The summed E-state index contributed by atoms with van der Waals surface area (Å²) < 4.78 is 0. The summed E-state index contributed by atoms with van der Waals surface area (Å²) in [5, 5.41) is 3.17. The molecule has 6 nitrogen and oxygen atoms in total. The van der Waals surface area contributed by atoms with Crippen LogP contribution in [0.3, 0.4) is 0 Å². The average Bonchev–Trinajstić information content (AvgIpc) is 2.25. The van der Waals surface area contributed by atoms with E-state index in [1.807, 2.05) is 24.1 Å². The summed E-state index contributed by atoms with van der Waals surface area (Å²) in [7, 11) is 1.95. The first-order valence-electron chi connectivity index (χ1n) is 5.62. The third-order valence-electron chi connectivity index (χ3n) is 2.77. The molecule has 2 rings (SSSR count). The quantitative estimate of drug-likeness (QED) is 0.596. The van der Waals surface area contributed by atoms with Gasteiger partial charge in [-0.3, -0.25) is 20.5 Å². The van der Waals surface area contributed by atoms with Crippen LogP contribution in [0, 0.1) is 0 Å². The number of anilines is 1. The van der Waals surface area contributed by atoms with Crippen molar-refractivity contribution in [3.8, 4) is 0 Å². The van der Waals surface area contributed by atoms with Crippen molar-refractivity contribution in [1.82, 2.24) is 20.6 Å². The van der Waals surface area contributed by atoms with Crippen molar-refractivity contribution in [3.05, 3.63) is 24.4 Å². The molecular formula is C11H17N5O. The van der Waals surface area contributed by atoms with Crippen LogP contribution in [0.5, 0.6) is 0 Å². The second-order valence-corrected chi connectivity index (χ2v) is 4.12. The van der Waals surface area contributed by atoms with E-state index < -0.39 is 0 Å². The van der Waals surface area contributed by atoms with Gasteiger partial charge in [0.05, 0.1) is 6.54 Å². The predicted octanol–water partition coefficient (Wildman–Crippen LogP) is -0.572. The van der Waals surface area contributed by atoms with Gasteiger partial charge < -0.3 is 5.32 Å². The Labute approximate surface area is 100 Å². The third-order valence-corrected chi connectivity index (χ3v) is 2.77. The number of hydrogen-bond acceptors (Lipinski definition) is 5. The third kappa shape index (κ3) is 3.40. The Morgan fingerprint density at radius 3 is 3.00 bits per heavy atom. The first-order valence-corrected chi connectivity index (χ1v) is 5.62. The molecular weight excluding hydrogens is 218 g/mol. The van der Waals surface area contributed by atoms with Crippen LogP contribution in [0.15, 0.2) is 24.4 Å². The molecule has 1 aromatic rings. The van der Waals surface area contributed by atoms with Crippen LogP contribution in [0.1, 0.15) is 0 Å². The molecule has 17 heavy (non-hydrogen) atoms. The predicted molar refractivity (Wildman–Crippen MR) is 65.3 cm³/mol. The highest BCUT2D eigenvalue weighted by Crippen LogP contribution is 2.01. The molecule has 1 aliphatic rings. The van der Waals surface area contributed by atoms with Gasteiger partial charge in [-0.15, -0.1) is 0 Å². The summed E-state index contributed by atoms with van der Waals surface area (Å²) in [5.41, 5.74) is 5.39. The fraction of sp³-hybridized carbons (Fsp3) is 0.455. The molecule has 1 aliphatic heterocycles. The van der Waals surface area contributed by atoms with Gasteiger partial charge in [0.1, 0.15) is 5.82 Å². The molecule has 0 radical (unpaired) electrons. The fourth-order valence-corrected chi connectivity index (χ4v) is 1.55. The summed E-state index contributed by atoms with van der Waals surface area (Å²) in [6.07, 6.45) is 1.67. The lowest BCUT2D eigenvalue weighted by Crippen LogP contribution is -2.57. The highest BCUT2D eigenvalue weighted by Gasteiger charge is 2.22. The largest absolute Gasteiger partial charge is 0.314 e. The summed E-state index contributed by atoms with van der Waals surface area (Å²) in [5.74, 6) is 0.568. The molecule has 1 saturated heterocycles. The average molecular weight is 235 g/mol. The Morgan fingerprint density at radius 2 is 2.41 bits per heavy atom. The standard InChI is InChI=1S/C11H17N5O/c1-16(9-6-12-7-9)8-11(17)15-14-10-4-2-3-5-13-10/h2-5,9,12H,6-8H2,1H3,(H,13,14)(H,15,17). The van der Waals surface area contributed by atoms with Crippen LogP contribution in [0.25, 0.3) is 0 Å². The fourth-order valence-electron chi connectivity index (χ4n) is 1.55. The number of amides is 1. The molecule has 0 unspecified atom stereocenters. The van der Waals surface area contributed by atoms with Gasteiger partial charge in [-0.25, -0.2) is 4.98 Å². The van der Waals surface area contributed by atoms with E-state index in [-0.39, 0.29) is 5.91 Å². The minimum Gasteiger partial charge on any atom is -0.314 e. The highest BCUT2D eigenvalue weighted by molar-refractivity contribution is 5.79. The zero-order valence-corrected chi connectivity index (χ0v) is 9.81. The van der Waals surface area contributed by atoms with E-state index in [1.54, 1.807) is 12.3 Å². The Bertz CT molecular complexity index is 365. The maximum atomic E-state index is 11.6. The number of rotatable bonds is 5. The lowest BCUT2D eigenvalue weighted by molar-refractivity contribution is -0.122. The van der Waals surface area contributed by atoms with Crippen molar-refractivity contribution in [3.63, 3.8) is 0 Å². The zero-order chi connectivity index (χ0) is 12.1. The minimum atomic E-state index is -0.0648. The van der Waals surface area contributed by atoms with Gasteiger partial charge in [0, 0.05) is 25.3 Å². The second kappa shape index (κ2) is 5.60. The minimum absolute atomic E-state index is 0.0648. The topological polar surface area (TPSA) is 69.3 Å². The van der Waals surface area contributed by atoms with Crippen molar-refractivity contribution in [2.24, 2.45) is 0 Å². The Morgan fingerprint density at radius 1 is 1.59 bits per heavy atom. The summed E-state index contributed by atoms with van der Waals surface area (Å²) in [4.78, 5) is 17.7. The van der Waals surface area contributed by atoms with Crippen LogP contribution in [0.4, 0.5) is 5.82 Å². The van der Waals surface area contributed by atoms with Crippen LogP contribution in [0.2, 0.25) is 0 Å². The monoisotopic (exact) mass is 235 g/mol. The molecule has 1 amide bonds. The number of pyridine rings is 1. The molecule has 0 aromatic carbocycles. The number of hydrogen-bond donors (Lipinski definition) is 3. The van der Waals surface area contributed by atoms with Crippen LogP contribution in [-0.4, -0.2) is 48.5 Å². The van der Waals surface area contributed by atoms with E-state index in [2.05, 4.69) is 21.2 Å². The SMILES string of the molecule is CN(CC(=O)NNc1ccccn1)C1CNC1. The second-order valence-electron chi connectivity index (χ2n) is 4.12. The van der Waals surface area contributed by atoms with Crippen molar-refractivity contribution in [2.75, 3.05) is 32.1 Å².